The van der Waals surface area contributed by atoms with Crippen molar-refractivity contribution in [3.63, 3.8) is 0 Å². The van der Waals surface area contributed by atoms with Gasteiger partial charge in [-0.1, -0.05) is 0 Å². The number of rotatable bonds is 5. The van der Waals surface area contributed by atoms with Gasteiger partial charge in [-0.25, -0.2) is 9.18 Å². The predicted octanol–water partition coefficient (Wildman–Crippen LogP) is 3.55. The molecule has 144 valence electrons. The Kier molecular flexibility index (Phi) is 5.99. The number of aromatic amines is 1. The summed E-state index contributed by atoms with van der Waals surface area (Å²) >= 11 is 0. The number of hydrogen-bond donors (Lipinski definition) is 3. The van der Waals surface area contributed by atoms with Crippen LogP contribution in [-0.4, -0.2) is 28.9 Å². The Morgan fingerprint density at radius 2 is 1.81 bits per heavy atom. The van der Waals surface area contributed by atoms with Gasteiger partial charge >= 0.3 is 5.97 Å². The van der Waals surface area contributed by atoms with Gasteiger partial charge in [0.05, 0.1) is 17.4 Å². The minimum atomic E-state index is -0.655. The number of benzene rings is 1. The lowest BCUT2D eigenvalue weighted by Gasteiger charge is -2.10. The van der Waals surface area contributed by atoms with Gasteiger partial charge < -0.3 is 20.4 Å². The van der Waals surface area contributed by atoms with Gasteiger partial charge in [0.1, 0.15) is 11.5 Å². The molecule has 0 aliphatic rings. The average molecular weight is 375 g/mol. The molecule has 3 N–H and O–H groups in total. The van der Waals surface area contributed by atoms with Crippen molar-refractivity contribution in [3.8, 4) is 0 Å². The molecule has 27 heavy (non-hydrogen) atoms. The highest BCUT2D eigenvalue weighted by Gasteiger charge is 2.24. The van der Waals surface area contributed by atoms with Crippen LogP contribution in [0.5, 0.6) is 0 Å². The molecule has 0 aliphatic heterocycles. The number of nitrogens with one attached hydrogen (secondary N) is 3. The molecule has 0 unspecified atom stereocenters. The van der Waals surface area contributed by atoms with E-state index in [2.05, 4.69) is 15.6 Å². The highest BCUT2D eigenvalue weighted by Crippen LogP contribution is 2.23. The molecule has 7 nitrogen and oxygen atoms in total. The van der Waals surface area contributed by atoms with Gasteiger partial charge in [-0.15, -0.1) is 0 Å². The summed E-state index contributed by atoms with van der Waals surface area (Å²) in [5.74, 6) is -2.12. The molecular weight excluding hydrogens is 353 g/mol. The maximum absolute atomic E-state index is 14.0. The van der Waals surface area contributed by atoms with E-state index in [1.807, 2.05) is 0 Å². The van der Waals surface area contributed by atoms with Gasteiger partial charge in [-0.2, -0.15) is 0 Å². The molecular formula is C19H22FN3O4. The number of esters is 1. The molecule has 0 aliphatic carbocycles. The van der Waals surface area contributed by atoms with Crippen molar-refractivity contribution in [2.75, 3.05) is 10.6 Å². The van der Waals surface area contributed by atoms with E-state index in [4.69, 9.17) is 4.74 Å². The molecule has 0 saturated carbocycles. The van der Waals surface area contributed by atoms with Crippen LogP contribution in [0.4, 0.5) is 15.8 Å². The van der Waals surface area contributed by atoms with E-state index in [0.29, 0.717) is 16.9 Å². The first-order chi connectivity index (χ1) is 12.6. The number of amides is 2. The molecule has 2 aromatic rings. The number of anilines is 2. The van der Waals surface area contributed by atoms with E-state index in [0.717, 1.165) is 6.07 Å². The number of H-pyrrole nitrogens is 1. The minimum absolute atomic E-state index is 0.0933. The van der Waals surface area contributed by atoms with Gasteiger partial charge in [0.25, 0.3) is 5.91 Å². The molecule has 0 atom stereocenters. The summed E-state index contributed by atoms with van der Waals surface area (Å²) in [5.41, 5.74) is 1.56. The summed E-state index contributed by atoms with van der Waals surface area (Å²) < 4.78 is 19.2. The first kappa shape index (κ1) is 20.2. The van der Waals surface area contributed by atoms with E-state index in [1.165, 1.54) is 19.1 Å². The molecule has 0 spiro atoms. The molecule has 0 saturated heterocycles. The number of halogens is 1. The normalized spacial score (nSPS) is 10.6. The van der Waals surface area contributed by atoms with Crippen LogP contribution in [0.15, 0.2) is 18.2 Å². The van der Waals surface area contributed by atoms with Crippen LogP contribution in [0.25, 0.3) is 0 Å². The number of carbonyl (C=O) groups is 3. The molecule has 1 heterocycles. The summed E-state index contributed by atoms with van der Waals surface area (Å²) in [6.45, 7) is 8.05. The predicted molar refractivity (Wildman–Crippen MR) is 99.5 cm³/mol. The van der Waals surface area contributed by atoms with Crippen LogP contribution >= 0.6 is 0 Å². The highest BCUT2D eigenvalue weighted by atomic mass is 19.1. The summed E-state index contributed by atoms with van der Waals surface area (Å²) in [7, 11) is 0. The fourth-order valence-electron chi connectivity index (χ4n) is 2.64. The molecule has 1 aromatic carbocycles. The lowest BCUT2D eigenvalue weighted by atomic mass is 10.1. The Morgan fingerprint density at radius 3 is 2.41 bits per heavy atom. The quantitative estimate of drug-likeness (QED) is 0.696. The van der Waals surface area contributed by atoms with Crippen molar-refractivity contribution in [3.05, 3.63) is 46.5 Å². The van der Waals surface area contributed by atoms with Crippen molar-refractivity contribution in [2.24, 2.45) is 0 Å². The third-order valence-electron chi connectivity index (χ3n) is 3.75. The molecule has 2 rings (SSSR count). The van der Waals surface area contributed by atoms with Crippen molar-refractivity contribution in [1.82, 2.24) is 4.98 Å². The zero-order chi connectivity index (χ0) is 20.3. The summed E-state index contributed by atoms with van der Waals surface area (Å²) in [5, 5.41) is 4.97. The van der Waals surface area contributed by atoms with Crippen LogP contribution in [0.3, 0.4) is 0 Å². The Balaban J connectivity index is 2.29. The zero-order valence-corrected chi connectivity index (χ0v) is 15.8. The van der Waals surface area contributed by atoms with Gasteiger partial charge in [-0.3, -0.25) is 9.59 Å². The fourth-order valence-corrected chi connectivity index (χ4v) is 2.64. The van der Waals surface area contributed by atoms with Crippen LogP contribution < -0.4 is 10.6 Å². The SMILES string of the molecule is CC(=O)Nc1ccc(F)c(NC(=O)c2[nH]c(C)c(C(=O)OC(C)C)c2C)c1. The molecule has 0 bridgehead atoms. The van der Waals surface area contributed by atoms with E-state index in [-0.39, 0.29) is 29.0 Å². The molecule has 1 aromatic heterocycles. The second-order valence-corrected chi connectivity index (χ2v) is 6.41. The Hall–Kier alpha value is -3.16. The first-order valence-corrected chi connectivity index (χ1v) is 8.38. The van der Waals surface area contributed by atoms with E-state index >= 15 is 0 Å². The van der Waals surface area contributed by atoms with Crippen LogP contribution in [0.1, 0.15) is 52.9 Å². The van der Waals surface area contributed by atoms with Gasteiger partial charge in [0.15, 0.2) is 0 Å². The number of aromatic nitrogens is 1. The van der Waals surface area contributed by atoms with Crippen molar-refractivity contribution in [1.29, 1.82) is 0 Å². The van der Waals surface area contributed by atoms with Gasteiger partial charge in [0.2, 0.25) is 5.91 Å². The Bertz CT molecular complexity index is 903. The Morgan fingerprint density at radius 1 is 1.15 bits per heavy atom. The van der Waals surface area contributed by atoms with Crippen molar-refractivity contribution < 1.29 is 23.5 Å². The highest BCUT2D eigenvalue weighted by molar-refractivity contribution is 6.07. The molecule has 8 heteroatoms. The standard InChI is InChI=1S/C19H22FN3O4/c1-9(2)27-19(26)16-10(3)17(21-11(16)4)18(25)23-15-8-13(22-12(5)24)6-7-14(15)20/h6-9,21H,1-5H3,(H,22,24)(H,23,25). The topological polar surface area (TPSA) is 100 Å². The third-order valence-corrected chi connectivity index (χ3v) is 3.75. The zero-order valence-electron chi connectivity index (χ0n) is 15.8. The van der Waals surface area contributed by atoms with Crippen molar-refractivity contribution >= 4 is 29.2 Å². The molecule has 0 fully saturated rings. The van der Waals surface area contributed by atoms with Crippen LogP contribution in [-0.2, 0) is 9.53 Å². The fraction of sp³-hybridized carbons (Fsp3) is 0.316. The minimum Gasteiger partial charge on any atom is -0.459 e. The summed E-state index contributed by atoms with van der Waals surface area (Å²) in [6, 6.07) is 3.84. The van der Waals surface area contributed by atoms with E-state index < -0.39 is 17.7 Å². The maximum atomic E-state index is 14.0. The number of ether oxygens (including phenoxy) is 1. The van der Waals surface area contributed by atoms with Crippen molar-refractivity contribution in [2.45, 2.75) is 40.7 Å². The van der Waals surface area contributed by atoms with E-state index in [9.17, 15) is 18.8 Å². The second-order valence-electron chi connectivity index (χ2n) is 6.41. The number of aryl methyl sites for hydroxylation is 1. The maximum Gasteiger partial charge on any atom is 0.340 e. The summed E-state index contributed by atoms with van der Waals surface area (Å²) in [6.07, 6.45) is -0.297. The Labute approximate surface area is 156 Å². The largest absolute Gasteiger partial charge is 0.459 e. The van der Waals surface area contributed by atoms with Gasteiger partial charge in [0, 0.05) is 18.3 Å². The lowest BCUT2D eigenvalue weighted by Crippen LogP contribution is -2.16. The second kappa shape index (κ2) is 8.03. The number of hydrogen-bond acceptors (Lipinski definition) is 4. The smallest absolute Gasteiger partial charge is 0.340 e. The van der Waals surface area contributed by atoms with E-state index in [1.54, 1.807) is 27.7 Å². The molecule has 0 radical (unpaired) electrons. The summed E-state index contributed by atoms with van der Waals surface area (Å²) in [4.78, 5) is 38.8. The lowest BCUT2D eigenvalue weighted by molar-refractivity contribution is -0.114. The average Bonchev–Trinajstić information content (AvgIpc) is 2.84. The molecule has 2 amide bonds. The number of carbonyl (C=O) groups excluding carboxylic acids is 3. The monoisotopic (exact) mass is 375 g/mol. The van der Waals surface area contributed by atoms with Gasteiger partial charge in [-0.05, 0) is 51.5 Å². The first-order valence-electron chi connectivity index (χ1n) is 8.38. The van der Waals surface area contributed by atoms with Crippen LogP contribution in [0, 0.1) is 19.7 Å². The van der Waals surface area contributed by atoms with Crippen LogP contribution in [0.2, 0.25) is 0 Å². The third kappa shape index (κ3) is 4.72.